The van der Waals surface area contributed by atoms with Crippen molar-refractivity contribution in [3.05, 3.63) is 83.6 Å². The van der Waals surface area contributed by atoms with Crippen molar-refractivity contribution in [2.24, 2.45) is 0 Å². The summed E-state index contributed by atoms with van der Waals surface area (Å²) in [6, 6.07) is 14.6. The van der Waals surface area contributed by atoms with Gasteiger partial charge in [0.25, 0.3) is 5.89 Å². The molecule has 0 radical (unpaired) electrons. The molecule has 0 atom stereocenters. The van der Waals surface area contributed by atoms with Gasteiger partial charge in [-0.25, -0.2) is 9.97 Å². The summed E-state index contributed by atoms with van der Waals surface area (Å²) in [5.41, 5.74) is 2.38. The summed E-state index contributed by atoms with van der Waals surface area (Å²) >= 11 is 0. The molecule has 0 amide bonds. The molecule has 3 heterocycles. The summed E-state index contributed by atoms with van der Waals surface area (Å²) < 4.78 is 27.3. The van der Waals surface area contributed by atoms with Gasteiger partial charge in [-0.3, -0.25) is 4.79 Å². The average Bonchev–Trinajstić information content (AvgIpc) is 3.47. The van der Waals surface area contributed by atoms with E-state index in [0.717, 1.165) is 11.1 Å². The van der Waals surface area contributed by atoms with Gasteiger partial charge in [-0.2, -0.15) is 0 Å². The third-order valence-corrected chi connectivity index (χ3v) is 4.66. The highest BCUT2D eigenvalue weighted by Crippen LogP contribution is 2.23. The standard InChI is InChI=1S/C24H22N2O6/c1-16-20(26-24(32-16)21-7-4-10-29-21)15-31-22-12-18(8-9-25-22)14-30-19-6-3-5-17(11-19)13-23(27)28-2/h3-12H,13-15H2,1-2H3. The van der Waals surface area contributed by atoms with E-state index in [-0.39, 0.29) is 19.0 Å². The Hall–Kier alpha value is -4.07. The molecule has 164 valence electrons. The molecular weight excluding hydrogens is 412 g/mol. The Labute approximate surface area is 184 Å². The maximum absolute atomic E-state index is 11.5. The zero-order chi connectivity index (χ0) is 22.3. The van der Waals surface area contributed by atoms with Gasteiger partial charge >= 0.3 is 5.97 Å². The number of aromatic nitrogens is 2. The van der Waals surface area contributed by atoms with Crippen molar-refractivity contribution in [3.8, 4) is 23.3 Å². The quantitative estimate of drug-likeness (QED) is 0.355. The third kappa shape index (κ3) is 5.34. The molecule has 0 aliphatic carbocycles. The fourth-order valence-corrected chi connectivity index (χ4v) is 2.98. The predicted molar refractivity (Wildman–Crippen MR) is 114 cm³/mol. The number of carbonyl (C=O) groups excluding carboxylic acids is 1. The molecule has 4 rings (SSSR count). The fraction of sp³-hybridized carbons (Fsp3) is 0.208. The Morgan fingerprint density at radius 3 is 2.75 bits per heavy atom. The first kappa shape index (κ1) is 21.2. The smallest absolute Gasteiger partial charge is 0.309 e. The van der Waals surface area contributed by atoms with Crippen LogP contribution in [0, 0.1) is 6.92 Å². The van der Waals surface area contributed by atoms with Crippen LogP contribution in [0.15, 0.2) is 69.8 Å². The van der Waals surface area contributed by atoms with Gasteiger partial charge < -0.3 is 23.0 Å². The molecule has 0 N–H and O–H groups in total. The van der Waals surface area contributed by atoms with Crippen LogP contribution in [-0.2, 0) is 29.2 Å². The Kier molecular flexibility index (Phi) is 6.50. The average molecular weight is 434 g/mol. The fourth-order valence-electron chi connectivity index (χ4n) is 2.98. The molecule has 1 aromatic carbocycles. The zero-order valence-electron chi connectivity index (χ0n) is 17.7. The maximum Gasteiger partial charge on any atom is 0.309 e. The van der Waals surface area contributed by atoms with Crippen LogP contribution in [0.3, 0.4) is 0 Å². The Morgan fingerprint density at radius 1 is 1.03 bits per heavy atom. The van der Waals surface area contributed by atoms with Crippen LogP contribution in [-0.4, -0.2) is 23.0 Å². The van der Waals surface area contributed by atoms with Crippen molar-refractivity contribution < 1.29 is 27.8 Å². The number of carbonyl (C=O) groups is 1. The van der Waals surface area contributed by atoms with Crippen LogP contribution in [0.4, 0.5) is 0 Å². The van der Waals surface area contributed by atoms with Gasteiger partial charge in [0.1, 0.15) is 30.4 Å². The molecule has 0 aliphatic heterocycles. The van der Waals surface area contributed by atoms with Gasteiger partial charge in [0.2, 0.25) is 5.88 Å². The summed E-state index contributed by atoms with van der Waals surface area (Å²) in [6.45, 7) is 2.36. The number of benzene rings is 1. The number of hydrogen-bond acceptors (Lipinski definition) is 8. The lowest BCUT2D eigenvalue weighted by molar-refractivity contribution is -0.139. The van der Waals surface area contributed by atoms with E-state index in [0.29, 0.717) is 41.3 Å². The van der Waals surface area contributed by atoms with Crippen molar-refractivity contribution in [2.75, 3.05) is 7.11 Å². The van der Waals surface area contributed by atoms with Gasteiger partial charge in [-0.05, 0) is 48.4 Å². The number of oxazole rings is 1. The van der Waals surface area contributed by atoms with Gasteiger partial charge in [-0.15, -0.1) is 0 Å². The van der Waals surface area contributed by atoms with E-state index in [1.165, 1.54) is 7.11 Å². The van der Waals surface area contributed by atoms with Crippen molar-refractivity contribution >= 4 is 5.97 Å². The lowest BCUT2D eigenvalue weighted by Gasteiger charge is -2.09. The largest absolute Gasteiger partial charge is 0.489 e. The van der Waals surface area contributed by atoms with E-state index in [9.17, 15) is 4.79 Å². The third-order valence-electron chi connectivity index (χ3n) is 4.66. The number of furan rings is 1. The molecule has 0 bridgehead atoms. The lowest BCUT2D eigenvalue weighted by Crippen LogP contribution is -2.04. The number of methoxy groups -OCH3 is 1. The van der Waals surface area contributed by atoms with Crippen LogP contribution >= 0.6 is 0 Å². The molecule has 0 fully saturated rings. The first-order valence-electron chi connectivity index (χ1n) is 9.97. The Bertz CT molecular complexity index is 1180. The number of ether oxygens (including phenoxy) is 3. The molecule has 0 spiro atoms. The summed E-state index contributed by atoms with van der Waals surface area (Å²) in [6.07, 6.45) is 3.42. The van der Waals surface area contributed by atoms with E-state index < -0.39 is 0 Å². The number of nitrogens with zero attached hydrogens (tertiary/aromatic N) is 2. The van der Waals surface area contributed by atoms with E-state index in [4.69, 9.17) is 23.0 Å². The first-order chi connectivity index (χ1) is 15.6. The van der Waals surface area contributed by atoms with Crippen molar-refractivity contribution in [3.63, 3.8) is 0 Å². The van der Waals surface area contributed by atoms with Gasteiger partial charge in [-0.1, -0.05) is 12.1 Å². The minimum absolute atomic E-state index is 0.198. The predicted octanol–water partition coefficient (Wildman–Crippen LogP) is 4.51. The number of rotatable bonds is 9. The number of aryl methyl sites for hydroxylation is 1. The van der Waals surface area contributed by atoms with Crippen LogP contribution in [0.1, 0.15) is 22.6 Å². The van der Waals surface area contributed by atoms with Crippen LogP contribution in [0.5, 0.6) is 11.6 Å². The minimum Gasteiger partial charge on any atom is -0.489 e. The molecule has 8 nitrogen and oxygen atoms in total. The summed E-state index contributed by atoms with van der Waals surface area (Å²) in [7, 11) is 1.37. The van der Waals surface area contributed by atoms with Crippen molar-refractivity contribution in [1.29, 1.82) is 0 Å². The minimum atomic E-state index is -0.295. The maximum atomic E-state index is 11.5. The highest BCUT2D eigenvalue weighted by molar-refractivity contribution is 5.72. The lowest BCUT2D eigenvalue weighted by atomic mass is 10.1. The highest BCUT2D eigenvalue weighted by Gasteiger charge is 2.14. The van der Waals surface area contributed by atoms with Gasteiger partial charge in [0, 0.05) is 12.3 Å². The van der Waals surface area contributed by atoms with E-state index in [2.05, 4.69) is 9.97 Å². The summed E-state index contributed by atoms with van der Waals surface area (Å²) in [5, 5.41) is 0. The monoisotopic (exact) mass is 434 g/mol. The summed E-state index contributed by atoms with van der Waals surface area (Å²) in [5.74, 6) is 2.45. The first-order valence-corrected chi connectivity index (χ1v) is 9.97. The Morgan fingerprint density at radius 2 is 1.94 bits per heavy atom. The van der Waals surface area contributed by atoms with Gasteiger partial charge in [0.15, 0.2) is 5.76 Å². The molecule has 3 aromatic heterocycles. The molecule has 32 heavy (non-hydrogen) atoms. The second-order valence-corrected chi connectivity index (χ2v) is 6.98. The number of hydrogen-bond donors (Lipinski definition) is 0. The molecule has 0 saturated heterocycles. The number of pyridine rings is 1. The van der Waals surface area contributed by atoms with Crippen molar-refractivity contribution in [2.45, 2.75) is 26.6 Å². The molecular formula is C24H22N2O6. The second kappa shape index (κ2) is 9.82. The molecule has 8 heteroatoms. The zero-order valence-corrected chi connectivity index (χ0v) is 17.7. The highest BCUT2D eigenvalue weighted by atomic mass is 16.5. The second-order valence-electron chi connectivity index (χ2n) is 6.98. The molecule has 4 aromatic rings. The van der Waals surface area contributed by atoms with Crippen LogP contribution in [0.25, 0.3) is 11.7 Å². The molecule has 0 saturated carbocycles. The van der Waals surface area contributed by atoms with E-state index in [1.54, 1.807) is 30.7 Å². The van der Waals surface area contributed by atoms with Crippen LogP contribution in [0.2, 0.25) is 0 Å². The SMILES string of the molecule is COC(=O)Cc1cccc(OCc2ccnc(OCc3nc(-c4ccco4)oc3C)c2)c1. The normalized spacial score (nSPS) is 10.7. The number of esters is 1. The molecule has 0 aliphatic rings. The molecule has 0 unspecified atom stereocenters. The summed E-state index contributed by atoms with van der Waals surface area (Å²) in [4.78, 5) is 20.1. The van der Waals surface area contributed by atoms with Crippen molar-refractivity contribution in [1.82, 2.24) is 9.97 Å². The van der Waals surface area contributed by atoms with E-state index >= 15 is 0 Å². The topological polar surface area (TPSA) is 96.8 Å². The van der Waals surface area contributed by atoms with Gasteiger partial charge in [0.05, 0.1) is 19.8 Å². The Balaban J connectivity index is 1.35. The van der Waals surface area contributed by atoms with Crippen LogP contribution < -0.4 is 9.47 Å². The van der Waals surface area contributed by atoms with E-state index in [1.807, 2.05) is 37.3 Å².